The Morgan fingerprint density at radius 3 is 2.69 bits per heavy atom. The van der Waals surface area contributed by atoms with E-state index in [2.05, 4.69) is 10.2 Å². The molecule has 16 heavy (non-hydrogen) atoms. The second kappa shape index (κ2) is 6.48. The van der Waals surface area contributed by atoms with Crippen LogP contribution in [-0.2, 0) is 0 Å². The van der Waals surface area contributed by atoms with Crippen molar-refractivity contribution in [3.05, 3.63) is 29.6 Å². The molecule has 0 saturated heterocycles. The highest BCUT2D eigenvalue weighted by molar-refractivity contribution is 5.47. The highest BCUT2D eigenvalue weighted by atomic mass is 19.1. The maximum atomic E-state index is 13.1. The molecule has 3 heteroatoms. The van der Waals surface area contributed by atoms with Gasteiger partial charge < -0.3 is 10.2 Å². The van der Waals surface area contributed by atoms with Crippen molar-refractivity contribution in [2.24, 2.45) is 0 Å². The number of nitrogens with one attached hydrogen (secondary N) is 1. The van der Waals surface area contributed by atoms with Gasteiger partial charge in [-0.1, -0.05) is 0 Å². The zero-order chi connectivity index (χ0) is 12.0. The van der Waals surface area contributed by atoms with Gasteiger partial charge in [0.1, 0.15) is 5.82 Å². The van der Waals surface area contributed by atoms with Crippen LogP contribution in [0.3, 0.4) is 0 Å². The van der Waals surface area contributed by atoms with E-state index in [0.717, 1.165) is 25.2 Å². The molecule has 0 spiro atoms. The molecule has 0 aromatic heterocycles. The van der Waals surface area contributed by atoms with Crippen LogP contribution >= 0.6 is 0 Å². The Bertz CT molecular complexity index is 326. The first-order valence-electron chi connectivity index (χ1n) is 5.77. The number of aryl methyl sites for hydroxylation is 1. The summed E-state index contributed by atoms with van der Waals surface area (Å²) in [5.41, 5.74) is 1.79. The molecule has 0 aliphatic rings. The number of hydrogen-bond donors (Lipinski definition) is 1. The number of unbranched alkanes of at least 4 members (excludes halogenated alkanes) is 1. The summed E-state index contributed by atoms with van der Waals surface area (Å²) in [5, 5.41) is 3.13. The molecule has 90 valence electrons. The SMILES string of the molecule is CNCCCCN(C)c1ccc(F)c(C)c1. The van der Waals surface area contributed by atoms with Crippen molar-refractivity contribution in [1.29, 1.82) is 0 Å². The number of nitrogens with zero attached hydrogens (tertiary/aromatic N) is 1. The standard InChI is InChI=1S/C13H21FN2/c1-11-10-12(6-7-13(11)14)16(3)9-5-4-8-15-2/h6-7,10,15H,4-5,8-9H2,1-3H3. The van der Waals surface area contributed by atoms with Gasteiger partial charge in [0.05, 0.1) is 0 Å². The lowest BCUT2D eigenvalue weighted by molar-refractivity contribution is 0.618. The molecule has 0 amide bonds. The molecule has 1 aromatic rings. The molecule has 0 bridgehead atoms. The third-order valence-electron chi connectivity index (χ3n) is 2.75. The first kappa shape index (κ1) is 13.0. The Morgan fingerprint density at radius 1 is 1.31 bits per heavy atom. The lowest BCUT2D eigenvalue weighted by Gasteiger charge is -2.19. The Morgan fingerprint density at radius 2 is 2.06 bits per heavy atom. The first-order chi connectivity index (χ1) is 7.65. The summed E-state index contributed by atoms with van der Waals surface area (Å²) < 4.78 is 13.1. The second-order valence-corrected chi connectivity index (χ2v) is 4.17. The van der Waals surface area contributed by atoms with Gasteiger partial charge in [0.25, 0.3) is 0 Å². The zero-order valence-corrected chi connectivity index (χ0v) is 10.4. The summed E-state index contributed by atoms with van der Waals surface area (Å²) in [5.74, 6) is -0.132. The van der Waals surface area contributed by atoms with Crippen molar-refractivity contribution >= 4 is 5.69 Å². The quantitative estimate of drug-likeness (QED) is 0.747. The average molecular weight is 224 g/mol. The van der Waals surface area contributed by atoms with Gasteiger partial charge in [0.2, 0.25) is 0 Å². The summed E-state index contributed by atoms with van der Waals surface area (Å²) in [6.45, 7) is 3.86. The van der Waals surface area contributed by atoms with Gasteiger partial charge in [-0.15, -0.1) is 0 Å². The van der Waals surface area contributed by atoms with Crippen molar-refractivity contribution in [3.8, 4) is 0 Å². The molecule has 0 saturated carbocycles. The number of halogens is 1. The van der Waals surface area contributed by atoms with E-state index in [0.29, 0.717) is 5.56 Å². The van der Waals surface area contributed by atoms with Crippen LogP contribution in [0.2, 0.25) is 0 Å². The molecule has 0 radical (unpaired) electrons. The number of rotatable bonds is 6. The van der Waals surface area contributed by atoms with Gasteiger partial charge in [-0.3, -0.25) is 0 Å². The first-order valence-corrected chi connectivity index (χ1v) is 5.77. The van der Waals surface area contributed by atoms with E-state index in [4.69, 9.17) is 0 Å². The summed E-state index contributed by atoms with van der Waals surface area (Å²) in [4.78, 5) is 2.17. The van der Waals surface area contributed by atoms with E-state index < -0.39 is 0 Å². The molecule has 0 heterocycles. The maximum absolute atomic E-state index is 13.1. The molecule has 1 rings (SSSR count). The number of hydrogen-bond acceptors (Lipinski definition) is 2. The molecule has 0 atom stereocenters. The van der Waals surface area contributed by atoms with E-state index in [1.807, 2.05) is 26.2 Å². The van der Waals surface area contributed by atoms with E-state index in [-0.39, 0.29) is 5.82 Å². The molecule has 0 aliphatic heterocycles. The Labute approximate surface area is 97.5 Å². The maximum Gasteiger partial charge on any atom is 0.126 e. The van der Waals surface area contributed by atoms with E-state index >= 15 is 0 Å². The van der Waals surface area contributed by atoms with E-state index in [9.17, 15) is 4.39 Å². The third-order valence-corrected chi connectivity index (χ3v) is 2.75. The van der Waals surface area contributed by atoms with Gasteiger partial charge in [0.15, 0.2) is 0 Å². The fraction of sp³-hybridized carbons (Fsp3) is 0.538. The van der Waals surface area contributed by atoms with Crippen molar-refractivity contribution in [1.82, 2.24) is 5.32 Å². The average Bonchev–Trinajstić information content (AvgIpc) is 2.28. The van der Waals surface area contributed by atoms with Crippen LogP contribution in [0.1, 0.15) is 18.4 Å². The zero-order valence-electron chi connectivity index (χ0n) is 10.4. The molecule has 0 aliphatic carbocycles. The van der Waals surface area contributed by atoms with Crippen LogP contribution in [0, 0.1) is 12.7 Å². The monoisotopic (exact) mass is 224 g/mol. The summed E-state index contributed by atoms with van der Waals surface area (Å²) >= 11 is 0. The summed E-state index contributed by atoms with van der Waals surface area (Å²) in [7, 11) is 4.01. The predicted octanol–water partition coefficient (Wildman–Crippen LogP) is 2.57. The van der Waals surface area contributed by atoms with Crippen LogP contribution in [0.5, 0.6) is 0 Å². The van der Waals surface area contributed by atoms with Crippen molar-refractivity contribution in [2.45, 2.75) is 19.8 Å². The highest BCUT2D eigenvalue weighted by Crippen LogP contribution is 2.17. The van der Waals surface area contributed by atoms with E-state index in [1.54, 1.807) is 6.92 Å². The summed E-state index contributed by atoms with van der Waals surface area (Å²) in [6.07, 6.45) is 2.31. The van der Waals surface area contributed by atoms with Crippen molar-refractivity contribution in [2.75, 3.05) is 32.1 Å². The Kier molecular flexibility index (Phi) is 5.26. The topological polar surface area (TPSA) is 15.3 Å². The van der Waals surface area contributed by atoms with Crippen LogP contribution in [0.15, 0.2) is 18.2 Å². The van der Waals surface area contributed by atoms with Gasteiger partial charge in [0, 0.05) is 19.3 Å². The van der Waals surface area contributed by atoms with Crippen LogP contribution in [0.25, 0.3) is 0 Å². The predicted molar refractivity (Wildman–Crippen MR) is 67.6 cm³/mol. The Balaban J connectivity index is 2.46. The minimum absolute atomic E-state index is 0.132. The molecule has 1 N–H and O–H groups in total. The van der Waals surface area contributed by atoms with Gasteiger partial charge in [-0.05, 0) is 57.1 Å². The fourth-order valence-corrected chi connectivity index (χ4v) is 1.65. The minimum atomic E-state index is -0.132. The molecular formula is C13H21FN2. The minimum Gasteiger partial charge on any atom is -0.375 e. The molecule has 1 aromatic carbocycles. The fourth-order valence-electron chi connectivity index (χ4n) is 1.65. The molecular weight excluding hydrogens is 203 g/mol. The largest absolute Gasteiger partial charge is 0.375 e. The molecule has 2 nitrogen and oxygen atoms in total. The van der Waals surface area contributed by atoms with Crippen LogP contribution in [0.4, 0.5) is 10.1 Å². The van der Waals surface area contributed by atoms with E-state index in [1.165, 1.54) is 12.5 Å². The summed E-state index contributed by atoms with van der Waals surface area (Å²) in [6, 6.07) is 5.27. The second-order valence-electron chi connectivity index (χ2n) is 4.17. The third kappa shape index (κ3) is 3.81. The van der Waals surface area contributed by atoms with Crippen LogP contribution < -0.4 is 10.2 Å². The van der Waals surface area contributed by atoms with Crippen LogP contribution in [-0.4, -0.2) is 27.2 Å². The highest BCUT2D eigenvalue weighted by Gasteiger charge is 2.03. The number of anilines is 1. The van der Waals surface area contributed by atoms with Crippen molar-refractivity contribution < 1.29 is 4.39 Å². The smallest absolute Gasteiger partial charge is 0.126 e. The Hall–Kier alpha value is -1.09. The normalized spacial score (nSPS) is 10.5. The molecule has 0 fully saturated rings. The van der Waals surface area contributed by atoms with Gasteiger partial charge in [-0.25, -0.2) is 4.39 Å². The lowest BCUT2D eigenvalue weighted by Crippen LogP contribution is -2.20. The lowest BCUT2D eigenvalue weighted by atomic mass is 10.2. The molecule has 0 unspecified atom stereocenters. The van der Waals surface area contributed by atoms with Crippen molar-refractivity contribution in [3.63, 3.8) is 0 Å². The number of benzene rings is 1. The van der Waals surface area contributed by atoms with Gasteiger partial charge in [-0.2, -0.15) is 0 Å². The van der Waals surface area contributed by atoms with Gasteiger partial charge >= 0.3 is 0 Å².